The lowest BCUT2D eigenvalue weighted by molar-refractivity contribution is 0.187. The van der Waals surface area contributed by atoms with Crippen LogP contribution in [-0.4, -0.2) is 37.6 Å². The van der Waals surface area contributed by atoms with E-state index in [0.717, 1.165) is 31.4 Å². The van der Waals surface area contributed by atoms with E-state index in [1.54, 1.807) is 6.33 Å². The fraction of sp³-hybridized carbons (Fsp3) is 0.818. The van der Waals surface area contributed by atoms with Gasteiger partial charge in [0.1, 0.15) is 12.2 Å². The molecule has 0 N–H and O–H groups in total. The van der Waals surface area contributed by atoms with Gasteiger partial charge in [0.05, 0.1) is 6.54 Å². The fourth-order valence-electron chi connectivity index (χ4n) is 2.10. The quantitative estimate of drug-likeness (QED) is 0.796. The molecular weight excluding hydrogens is 268 g/mol. The maximum absolute atomic E-state index is 4.32. The average Bonchev–Trinajstić information content (AvgIpc) is 2.71. The molecule has 1 saturated heterocycles. The average molecular weight is 287 g/mol. The third-order valence-corrected chi connectivity index (χ3v) is 4.50. The molecule has 1 aliphatic rings. The standard InChI is InChI=1S/C11H19BrN4/c1-3-16-11(13-8-14-16)7-15-5-4-9(2)10(12)6-15/h8-10H,3-7H2,1-2H3. The second-order valence-electron chi connectivity index (χ2n) is 4.51. The Morgan fingerprint density at radius 3 is 3.06 bits per heavy atom. The van der Waals surface area contributed by atoms with Gasteiger partial charge in [-0.25, -0.2) is 9.67 Å². The molecule has 2 rings (SSSR count). The molecule has 2 atom stereocenters. The highest BCUT2D eigenvalue weighted by Gasteiger charge is 2.24. The largest absolute Gasteiger partial charge is 0.295 e. The zero-order valence-electron chi connectivity index (χ0n) is 9.93. The van der Waals surface area contributed by atoms with E-state index in [9.17, 15) is 0 Å². The van der Waals surface area contributed by atoms with Gasteiger partial charge >= 0.3 is 0 Å². The summed E-state index contributed by atoms with van der Waals surface area (Å²) in [7, 11) is 0. The van der Waals surface area contributed by atoms with Crippen molar-refractivity contribution in [1.82, 2.24) is 19.7 Å². The lowest BCUT2D eigenvalue weighted by Gasteiger charge is -2.33. The van der Waals surface area contributed by atoms with Crippen molar-refractivity contribution >= 4 is 15.9 Å². The molecule has 1 aliphatic heterocycles. The summed E-state index contributed by atoms with van der Waals surface area (Å²) in [5.74, 6) is 1.86. The highest BCUT2D eigenvalue weighted by molar-refractivity contribution is 9.09. The summed E-state index contributed by atoms with van der Waals surface area (Å²) in [4.78, 5) is 7.38. The van der Waals surface area contributed by atoms with Crippen LogP contribution in [0.5, 0.6) is 0 Å². The van der Waals surface area contributed by atoms with Crippen molar-refractivity contribution in [1.29, 1.82) is 0 Å². The van der Waals surface area contributed by atoms with E-state index in [2.05, 4.69) is 44.8 Å². The Morgan fingerprint density at radius 2 is 2.38 bits per heavy atom. The SMILES string of the molecule is CCn1ncnc1CN1CCC(C)C(Br)C1. The normalized spacial score (nSPS) is 27.2. The van der Waals surface area contributed by atoms with E-state index < -0.39 is 0 Å². The summed E-state index contributed by atoms with van der Waals surface area (Å²) in [6.45, 7) is 8.51. The first kappa shape index (κ1) is 12.0. The van der Waals surface area contributed by atoms with Crippen molar-refractivity contribution in [2.24, 2.45) is 5.92 Å². The zero-order chi connectivity index (χ0) is 11.5. The molecule has 2 unspecified atom stereocenters. The van der Waals surface area contributed by atoms with Crippen molar-refractivity contribution in [3.8, 4) is 0 Å². The first-order valence-electron chi connectivity index (χ1n) is 5.93. The predicted octanol–water partition coefficient (Wildman–Crippen LogP) is 1.90. The highest BCUT2D eigenvalue weighted by atomic mass is 79.9. The summed E-state index contributed by atoms with van der Waals surface area (Å²) in [5.41, 5.74) is 0. The van der Waals surface area contributed by atoms with Gasteiger partial charge in [-0.3, -0.25) is 4.90 Å². The topological polar surface area (TPSA) is 34.0 Å². The first-order valence-corrected chi connectivity index (χ1v) is 6.85. The van der Waals surface area contributed by atoms with E-state index in [1.165, 1.54) is 13.0 Å². The minimum atomic E-state index is 0.610. The molecule has 0 radical (unpaired) electrons. The maximum Gasteiger partial charge on any atom is 0.140 e. The van der Waals surface area contributed by atoms with Gasteiger partial charge in [-0.15, -0.1) is 0 Å². The number of rotatable bonds is 3. The zero-order valence-corrected chi connectivity index (χ0v) is 11.5. The number of hydrogen-bond acceptors (Lipinski definition) is 3. The molecule has 16 heavy (non-hydrogen) atoms. The molecular formula is C11H19BrN4. The van der Waals surface area contributed by atoms with Gasteiger partial charge in [0.2, 0.25) is 0 Å². The fourth-order valence-corrected chi connectivity index (χ4v) is 2.78. The van der Waals surface area contributed by atoms with Gasteiger partial charge in [-0.2, -0.15) is 5.10 Å². The third kappa shape index (κ3) is 2.63. The molecule has 1 aromatic rings. The Bertz CT molecular complexity index is 338. The minimum absolute atomic E-state index is 0.610. The lowest BCUT2D eigenvalue weighted by Crippen LogP contribution is -2.40. The smallest absolute Gasteiger partial charge is 0.140 e. The van der Waals surface area contributed by atoms with Crippen LogP contribution in [0.25, 0.3) is 0 Å². The van der Waals surface area contributed by atoms with E-state index in [4.69, 9.17) is 0 Å². The number of aryl methyl sites for hydroxylation is 1. The first-order chi connectivity index (χ1) is 7.70. The van der Waals surface area contributed by atoms with Crippen molar-refractivity contribution in [3.05, 3.63) is 12.2 Å². The molecule has 1 aromatic heterocycles. The molecule has 0 aromatic carbocycles. The van der Waals surface area contributed by atoms with E-state index in [0.29, 0.717) is 4.83 Å². The molecule has 1 fully saturated rings. The molecule has 2 heterocycles. The van der Waals surface area contributed by atoms with Gasteiger partial charge in [-0.1, -0.05) is 22.9 Å². The third-order valence-electron chi connectivity index (χ3n) is 3.31. The second-order valence-corrected chi connectivity index (χ2v) is 5.69. The molecule has 0 bridgehead atoms. The Labute approximate surface area is 105 Å². The number of nitrogens with zero attached hydrogens (tertiary/aromatic N) is 4. The van der Waals surface area contributed by atoms with Crippen molar-refractivity contribution in [3.63, 3.8) is 0 Å². The van der Waals surface area contributed by atoms with Gasteiger partial charge in [0.25, 0.3) is 0 Å². The minimum Gasteiger partial charge on any atom is -0.295 e. The number of aromatic nitrogens is 3. The summed E-state index contributed by atoms with van der Waals surface area (Å²) in [6, 6.07) is 0. The molecule has 5 heteroatoms. The predicted molar refractivity (Wildman–Crippen MR) is 67.5 cm³/mol. The number of likely N-dealkylation sites (tertiary alicyclic amines) is 1. The number of piperidine rings is 1. The number of alkyl halides is 1. The number of hydrogen-bond donors (Lipinski definition) is 0. The van der Waals surface area contributed by atoms with Crippen molar-refractivity contribution < 1.29 is 0 Å². The van der Waals surface area contributed by atoms with Crippen LogP contribution in [0, 0.1) is 5.92 Å². The van der Waals surface area contributed by atoms with Gasteiger partial charge in [-0.05, 0) is 25.8 Å². The lowest BCUT2D eigenvalue weighted by atomic mass is 9.99. The van der Waals surface area contributed by atoms with Crippen LogP contribution in [0.1, 0.15) is 26.1 Å². The van der Waals surface area contributed by atoms with Crippen molar-refractivity contribution in [2.45, 2.75) is 38.2 Å². The second kappa shape index (κ2) is 5.27. The molecule has 0 aliphatic carbocycles. The Hall–Kier alpha value is -0.420. The van der Waals surface area contributed by atoms with E-state index >= 15 is 0 Å². The summed E-state index contributed by atoms with van der Waals surface area (Å²) < 4.78 is 1.97. The van der Waals surface area contributed by atoms with E-state index in [1.807, 2.05) is 4.68 Å². The monoisotopic (exact) mass is 286 g/mol. The molecule has 0 amide bonds. The van der Waals surface area contributed by atoms with Crippen molar-refractivity contribution in [2.75, 3.05) is 13.1 Å². The Balaban J connectivity index is 1.95. The van der Waals surface area contributed by atoms with Crippen LogP contribution in [0.15, 0.2) is 6.33 Å². The number of halogens is 1. The van der Waals surface area contributed by atoms with Crippen LogP contribution in [0.2, 0.25) is 0 Å². The van der Waals surface area contributed by atoms with Crippen LogP contribution in [0.3, 0.4) is 0 Å². The highest BCUT2D eigenvalue weighted by Crippen LogP contribution is 2.23. The Kier molecular flexibility index (Phi) is 3.97. The van der Waals surface area contributed by atoms with Crippen LogP contribution in [-0.2, 0) is 13.1 Å². The van der Waals surface area contributed by atoms with E-state index in [-0.39, 0.29) is 0 Å². The summed E-state index contributed by atoms with van der Waals surface area (Å²) >= 11 is 3.75. The molecule has 4 nitrogen and oxygen atoms in total. The molecule has 90 valence electrons. The molecule has 0 saturated carbocycles. The van der Waals surface area contributed by atoms with Gasteiger partial charge in [0, 0.05) is 17.9 Å². The Morgan fingerprint density at radius 1 is 1.56 bits per heavy atom. The van der Waals surface area contributed by atoms with Gasteiger partial charge < -0.3 is 0 Å². The van der Waals surface area contributed by atoms with Crippen LogP contribution in [0.4, 0.5) is 0 Å². The summed E-state index contributed by atoms with van der Waals surface area (Å²) in [5, 5.41) is 4.20. The van der Waals surface area contributed by atoms with Gasteiger partial charge in [0.15, 0.2) is 0 Å². The van der Waals surface area contributed by atoms with Crippen LogP contribution >= 0.6 is 15.9 Å². The van der Waals surface area contributed by atoms with Crippen LogP contribution < -0.4 is 0 Å². The maximum atomic E-state index is 4.32. The molecule has 0 spiro atoms. The summed E-state index contributed by atoms with van der Waals surface area (Å²) in [6.07, 6.45) is 2.91.